The molecule has 0 heterocycles. The first-order valence-corrected chi connectivity index (χ1v) is 8.53. The van der Waals surface area contributed by atoms with Gasteiger partial charge in [0.15, 0.2) is 0 Å². The Hall–Kier alpha value is -3.71. The molecule has 0 radical (unpaired) electrons. The molecule has 0 aromatic heterocycles. The molecule has 0 aliphatic heterocycles. The summed E-state index contributed by atoms with van der Waals surface area (Å²) in [6.45, 7) is 0. The van der Waals surface area contributed by atoms with Crippen molar-refractivity contribution in [2.75, 3.05) is 10.6 Å². The summed E-state index contributed by atoms with van der Waals surface area (Å²) in [5, 5.41) is 16.2. The average molecular weight is 396 g/mol. The van der Waals surface area contributed by atoms with Crippen LogP contribution in [-0.4, -0.2) is 16.7 Å². The van der Waals surface area contributed by atoms with Crippen LogP contribution in [0.25, 0.3) is 0 Å². The van der Waals surface area contributed by atoms with Gasteiger partial charge in [-0.2, -0.15) is 0 Å². The lowest BCUT2D eigenvalue weighted by atomic mass is 10.1. The maximum absolute atomic E-state index is 12.3. The second-order valence-corrected chi connectivity index (χ2v) is 6.18. The molecule has 8 heteroatoms. The van der Waals surface area contributed by atoms with Gasteiger partial charge in [-0.05, 0) is 48.5 Å². The quantitative estimate of drug-likeness (QED) is 0.480. The standard InChI is InChI=1S/C20H14ClN3O4/c21-17-11-10-16(12-18(17)24(27)28)23-20(26)14-6-8-15(9-7-14)22-19(25)13-4-2-1-3-5-13/h1-12H,(H,22,25)(H,23,26). The molecule has 0 spiro atoms. The molecule has 3 aromatic rings. The minimum absolute atomic E-state index is 0.0125. The molecule has 0 saturated heterocycles. The molecule has 28 heavy (non-hydrogen) atoms. The van der Waals surface area contributed by atoms with Crippen molar-refractivity contribution in [3.05, 3.63) is 99.1 Å². The first-order valence-electron chi connectivity index (χ1n) is 8.16. The minimum Gasteiger partial charge on any atom is -0.322 e. The Bertz CT molecular complexity index is 1040. The number of nitro groups is 1. The Morgan fingerprint density at radius 1 is 0.786 bits per heavy atom. The third-order valence-corrected chi connectivity index (χ3v) is 4.16. The summed E-state index contributed by atoms with van der Waals surface area (Å²) in [6, 6.07) is 19.0. The molecule has 0 aliphatic rings. The van der Waals surface area contributed by atoms with Gasteiger partial charge >= 0.3 is 0 Å². The molecule has 2 amide bonds. The van der Waals surface area contributed by atoms with Crippen molar-refractivity contribution in [3.63, 3.8) is 0 Å². The van der Waals surface area contributed by atoms with E-state index in [0.717, 1.165) is 0 Å². The zero-order chi connectivity index (χ0) is 20.1. The second kappa shape index (κ2) is 8.32. The Labute approximate surface area is 165 Å². The minimum atomic E-state index is -0.623. The fourth-order valence-corrected chi connectivity index (χ4v) is 2.62. The van der Waals surface area contributed by atoms with Gasteiger partial charge in [-0.15, -0.1) is 0 Å². The zero-order valence-electron chi connectivity index (χ0n) is 14.4. The van der Waals surface area contributed by atoms with Crippen molar-refractivity contribution < 1.29 is 14.5 Å². The zero-order valence-corrected chi connectivity index (χ0v) is 15.1. The molecule has 2 N–H and O–H groups in total. The van der Waals surface area contributed by atoms with Crippen LogP contribution < -0.4 is 10.6 Å². The lowest BCUT2D eigenvalue weighted by Crippen LogP contribution is -2.13. The number of hydrogen-bond donors (Lipinski definition) is 2. The van der Waals surface area contributed by atoms with E-state index in [9.17, 15) is 19.7 Å². The summed E-state index contributed by atoms with van der Waals surface area (Å²) in [7, 11) is 0. The highest BCUT2D eigenvalue weighted by Crippen LogP contribution is 2.27. The van der Waals surface area contributed by atoms with Gasteiger partial charge in [0.1, 0.15) is 5.02 Å². The highest BCUT2D eigenvalue weighted by molar-refractivity contribution is 6.32. The van der Waals surface area contributed by atoms with Gasteiger partial charge in [-0.25, -0.2) is 0 Å². The summed E-state index contributed by atoms with van der Waals surface area (Å²) in [5.41, 5.74) is 1.34. The molecule has 3 aromatic carbocycles. The maximum Gasteiger partial charge on any atom is 0.289 e. The molecule has 0 unspecified atom stereocenters. The normalized spacial score (nSPS) is 10.2. The average Bonchev–Trinajstić information content (AvgIpc) is 2.70. The van der Waals surface area contributed by atoms with Gasteiger partial charge in [0.05, 0.1) is 4.92 Å². The van der Waals surface area contributed by atoms with Crippen LogP contribution in [0.5, 0.6) is 0 Å². The number of anilines is 2. The number of nitro benzene ring substituents is 1. The van der Waals surface area contributed by atoms with Crippen LogP contribution in [0.15, 0.2) is 72.8 Å². The van der Waals surface area contributed by atoms with E-state index in [4.69, 9.17) is 11.6 Å². The Balaban J connectivity index is 1.68. The van der Waals surface area contributed by atoms with E-state index in [0.29, 0.717) is 16.8 Å². The van der Waals surface area contributed by atoms with Crippen molar-refractivity contribution in [1.29, 1.82) is 0 Å². The van der Waals surface area contributed by atoms with Crippen molar-refractivity contribution in [2.24, 2.45) is 0 Å². The number of hydrogen-bond acceptors (Lipinski definition) is 4. The van der Waals surface area contributed by atoms with E-state index in [-0.39, 0.29) is 22.3 Å². The van der Waals surface area contributed by atoms with Crippen molar-refractivity contribution in [2.45, 2.75) is 0 Å². The number of amides is 2. The first-order chi connectivity index (χ1) is 13.4. The van der Waals surface area contributed by atoms with Gasteiger partial charge in [-0.3, -0.25) is 19.7 Å². The predicted molar refractivity (Wildman–Crippen MR) is 107 cm³/mol. The van der Waals surface area contributed by atoms with Crippen LogP contribution in [0, 0.1) is 10.1 Å². The Kier molecular flexibility index (Phi) is 5.67. The third kappa shape index (κ3) is 4.52. The van der Waals surface area contributed by atoms with Crippen LogP contribution in [-0.2, 0) is 0 Å². The molecule has 0 aliphatic carbocycles. The number of benzene rings is 3. The molecule has 0 fully saturated rings. The number of halogens is 1. The van der Waals surface area contributed by atoms with E-state index in [1.165, 1.54) is 18.2 Å². The molecule has 140 valence electrons. The molecular formula is C20H14ClN3O4. The predicted octanol–water partition coefficient (Wildman–Crippen LogP) is 4.75. The Morgan fingerprint density at radius 2 is 1.32 bits per heavy atom. The molecular weight excluding hydrogens is 382 g/mol. The van der Waals surface area contributed by atoms with Crippen molar-refractivity contribution in [3.8, 4) is 0 Å². The lowest BCUT2D eigenvalue weighted by molar-refractivity contribution is -0.384. The van der Waals surface area contributed by atoms with E-state index in [1.54, 1.807) is 48.5 Å². The first kappa shape index (κ1) is 19.1. The third-order valence-electron chi connectivity index (χ3n) is 3.84. The second-order valence-electron chi connectivity index (χ2n) is 5.77. The van der Waals surface area contributed by atoms with E-state index < -0.39 is 10.8 Å². The molecule has 0 saturated carbocycles. The maximum atomic E-state index is 12.3. The fraction of sp³-hybridized carbons (Fsp3) is 0. The molecule has 3 rings (SSSR count). The van der Waals surface area contributed by atoms with Crippen LogP contribution >= 0.6 is 11.6 Å². The molecule has 0 bridgehead atoms. The smallest absolute Gasteiger partial charge is 0.289 e. The van der Waals surface area contributed by atoms with E-state index in [2.05, 4.69) is 10.6 Å². The van der Waals surface area contributed by atoms with Gasteiger partial charge in [0.25, 0.3) is 17.5 Å². The van der Waals surface area contributed by atoms with E-state index in [1.807, 2.05) is 6.07 Å². The summed E-state index contributed by atoms with van der Waals surface area (Å²) in [4.78, 5) is 34.8. The largest absolute Gasteiger partial charge is 0.322 e. The van der Waals surface area contributed by atoms with Crippen LogP contribution in [0.1, 0.15) is 20.7 Å². The van der Waals surface area contributed by atoms with Crippen LogP contribution in [0.2, 0.25) is 5.02 Å². The summed E-state index contributed by atoms with van der Waals surface area (Å²) in [5.74, 6) is -0.705. The van der Waals surface area contributed by atoms with Gasteiger partial charge in [0.2, 0.25) is 0 Å². The number of rotatable bonds is 5. The van der Waals surface area contributed by atoms with Crippen LogP contribution in [0.3, 0.4) is 0 Å². The highest BCUT2D eigenvalue weighted by atomic mass is 35.5. The van der Waals surface area contributed by atoms with Gasteiger partial charge in [0, 0.05) is 28.6 Å². The number of nitrogens with one attached hydrogen (secondary N) is 2. The van der Waals surface area contributed by atoms with E-state index >= 15 is 0 Å². The lowest BCUT2D eigenvalue weighted by Gasteiger charge is -2.08. The summed E-state index contributed by atoms with van der Waals surface area (Å²) < 4.78 is 0. The number of nitrogens with zero attached hydrogens (tertiary/aromatic N) is 1. The SMILES string of the molecule is O=C(Nc1ccc(C(=O)Nc2ccc(Cl)c([N+](=O)[O-])c2)cc1)c1ccccc1. The van der Waals surface area contributed by atoms with Crippen molar-refractivity contribution >= 4 is 40.5 Å². The summed E-state index contributed by atoms with van der Waals surface area (Å²) >= 11 is 5.76. The van der Waals surface area contributed by atoms with Crippen LogP contribution in [0.4, 0.5) is 17.1 Å². The fourth-order valence-electron chi connectivity index (χ4n) is 2.43. The highest BCUT2D eigenvalue weighted by Gasteiger charge is 2.14. The Morgan fingerprint density at radius 3 is 1.93 bits per heavy atom. The number of carbonyl (C=O) groups excluding carboxylic acids is 2. The van der Waals surface area contributed by atoms with Gasteiger partial charge in [-0.1, -0.05) is 29.8 Å². The molecule has 0 atom stereocenters. The topological polar surface area (TPSA) is 101 Å². The number of carbonyl (C=O) groups is 2. The monoisotopic (exact) mass is 395 g/mol. The summed E-state index contributed by atoms with van der Waals surface area (Å²) in [6.07, 6.45) is 0. The van der Waals surface area contributed by atoms with Crippen molar-refractivity contribution in [1.82, 2.24) is 0 Å². The molecule has 7 nitrogen and oxygen atoms in total. The van der Waals surface area contributed by atoms with Gasteiger partial charge < -0.3 is 10.6 Å².